The number of rotatable bonds is 4. The van der Waals surface area contributed by atoms with E-state index < -0.39 is 17.7 Å². The Balaban J connectivity index is 4.12. The monoisotopic (exact) mass is 214 g/mol. The highest BCUT2D eigenvalue weighted by molar-refractivity contribution is 5.82. The third-order valence-corrected chi connectivity index (χ3v) is 2.06. The van der Waals surface area contributed by atoms with Crippen molar-refractivity contribution in [3.8, 4) is 0 Å². The molecule has 2 unspecified atom stereocenters. The molecule has 0 spiro atoms. The van der Waals surface area contributed by atoms with Crippen molar-refractivity contribution >= 4 is 5.97 Å². The number of carbonyl (C=O) groups excluding carboxylic acids is 1. The van der Waals surface area contributed by atoms with Crippen LogP contribution < -0.4 is 0 Å². The first-order valence-electron chi connectivity index (χ1n) is 5.35. The summed E-state index contributed by atoms with van der Waals surface area (Å²) in [4.78, 5) is 11.3. The van der Waals surface area contributed by atoms with Crippen molar-refractivity contribution in [2.75, 3.05) is 0 Å². The van der Waals surface area contributed by atoms with Crippen molar-refractivity contribution in [1.82, 2.24) is 0 Å². The SMILES string of the molecule is CCC(C)C(O)/C=C/C(=O)OC(C)(C)C. The summed E-state index contributed by atoms with van der Waals surface area (Å²) in [7, 11) is 0. The number of aliphatic hydroxyl groups excluding tert-OH is 1. The van der Waals surface area contributed by atoms with Crippen LogP contribution in [0.5, 0.6) is 0 Å². The fraction of sp³-hybridized carbons (Fsp3) is 0.750. The molecule has 0 radical (unpaired) electrons. The molecule has 3 nitrogen and oxygen atoms in total. The molecule has 0 fully saturated rings. The maximum atomic E-state index is 11.3. The average Bonchev–Trinajstić information content (AvgIpc) is 2.10. The lowest BCUT2D eigenvalue weighted by Gasteiger charge is -2.18. The topological polar surface area (TPSA) is 46.5 Å². The Morgan fingerprint density at radius 1 is 1.47 bits per heavy atom. The van der Waals surface area contributed by atoms with Crippen LogP contribution in [0.2, 0.25) is 0 Å². The highest BCUT2D eigenvalue weighted by atomic mass is 16.6. The maximum absolute atomic E-state index is 11.3. The first-order chi connectivity index (χ1) is 6.76. The predicted molar refractivity (Wildman–Crippen MR) is 60.4 cm³/mol. The summed E-state index contributed by atoms with van der Waals surface area (Å²) in [5.74, 6) is -0.256. The molecule has 0 aliphatic rings. The van der Waals surface area contributed by atoms with Crippen molar-refractivity contribution in [3.05, 3.63) is 12.2 Å². The molecule has 0 aliphatic carbocycles. The minimum atomic E-state index is -0.581. The number of carbonyl (C=O) groups is 1. The highest BCUT2D eigenvalue weighted by Crippen LogP contribution is 2.10. The second-order valence-corrected chi connectivity index (χ2v) is 4.77. The van der Waals surface area contributed by atoms with Gasteiger partial charge in [0.15, 0.2) is 0 Å². The summed E-state index contributed by atoms with van der Waals surface area (Å²) in [5.41, 5.74) is -0.483. The number of hydrogen-bond donors (Lipinski definition) is 1. The van der Waals surface area contributed by atoms with Gasteiger partial charge in [0.05, 0.1) is 6.10 Å². The molecule has 0 bridgehead atoms. The van der Waals surface area contributed by atoms with Gasteiger partial charge in [0, 0.05) is 6.08 Å². The zero-order valence-corrected chi connectivity index (χ0v) is 10.3. The summed E-state index contributed by atoms with van der Waals surface area (Å²) < 4.78 is 5.06. The Labute approximate surface area is 92.1 Å². The standard InChI is InChI=1S/C12H22O3/c1-6-9(2)10(13)7-8-11(14)15-12(3,4)5/h7-10,13H,6H2,1-5H3/b8-7+. The molecule has 0 amide bonds. The Morgan fingerprint density at radius 3 is 2.40 bits per heavy atom. The second-order valence-electron chi connectivity index (χ2n) is 4.77. The van der Waals surface area contributed by atoms with Crippen molar-refractivity contribution in [1.29, 1.82) is 0 Å². The van der Waals surface area contributed by atoms with Crippen molar-refractivity contribution in [2.45, 2.75) is 52.7 Å². The molecular formula is C12H22O3. The normalized spacial score (nSPS) is 16.4. The molecule has 1 N–H and O–H groups in total. The summed E-state index contributed by atoms with van der Waals surface area (Å²) in [6.45, 7) is 9.36. The van der Waals surface area contributed by atoms with Crippen LogP contribution in [0.25, 0.3) is 0 Å². The van der Waals surface area contributed by atoms with E-state index in [0.717, 1.165) is 6.42 Å². The summed E-state index contributed by atoms with van der Waals surface area (Å²) >= 11 is 0. The van der Waals surface area contributed by atoms with Gasteiger partial charge in [-0.05, 0) is 32.8 Å². The van der Waals surface area contributed by atoms with E-state index in [1.807, 2.05) is 34.6 Å². The predicted octanol–water partition coefficient (Wildman–Crippen LogP) is 2.29. The van der Waals surface area contributed by atoms with Crippen LogP contribution in [0.1, 0.15) is 41.0 Å². The molecule has 0 heterocycles. The third kappa shape index (κ3) is 7.14. The Bertz CT molecular complexity index is 226. The molecule has 0 aromatic carbocycles. The zero-order chi connectivity index (χ0) is 12.1. The molecule has 3 heteroatoms. The van der Waals surface area contributed by atoms with Crippen LogP contribution in [-0.2, 0) is 9.53 Å². The van der Waals surface area contributed by atoms with Gasteiger partial charge < -0.3 is 9.84 Å². The van der Waals surface area contributed by atoms with E-state index in [4.69, 9.17) is 4.74 Å². The Kier molecular flexibility index (Phi) is 5.58. The third-order valence-electron chi connectivity index (χ3n) is 2.06. The van der Waals surface area contributed by atoms with Gasteiger partial charge in [-0.1, -0.05) is 20.3 Å². The van der Waals surface area contributed by atoms with Gasteiger partial charge in [0.25, 0.3) is 0 Å². The van der Waals surface area contributed by atoms with Gasteiger partial charge in [-0.25, -0.2) is 4.79 Å². The van der Waals surface area contributed by atoms with E-state index in [2.05, 4.69) is 0 Å². The molecule has 0 saturated heterocycles. The smallest absolute Gasteiger partial charge is 0.331 e. The molecular weight excluding hydrogens is 192 g/mol. The number of esters is 1. The van der Waals surface area contributed by atoms with Gasteiger partial charge in [-0.3, -0.25) is 0 Å². The van der Waals surface area contributed by atoms with E-state index in [-0.39, 0.29) is 5.92 Å². The fourth-order valence-corrected chi connectivity index (χ4v) is 0.944. The molecule has 15 heavy (non-hydrogen) atoms. The van der Waals surface area contributed by atoms with E-state index in [1.165, 1.54) is 12.2 Å². The highest BCUT2D eigenvalue weighted by Gasteiger charge is 2.15. The lowest BCUT2D eigenvalue weighted by atomic mass is 10.0. The van der Waals surface area contributed by atoms with E-state index in [9.17, 15) is 9.90 Å². The molecule has 0 aromatic rings. The molecule has 2 atom stereocenters. The number of ether oxygens (including phenoxy) is 1. The first kappa shape index (κ1) is 14.2. The molecule has 0 rings (SSSR count). The molecule has 0 saturated carbocycles. The van der Waals surface area contributed by atoms with Crippen LogP contribution in [0.3, 0.4) is 0 Å². The number of hydrogen-bond acceptors (Lipinski definition) is 3. The van der Waals surface area contributed by atoms with Gasteiger partial charge in [-0.15, -0.1) is 0 Å². The van der Waals surface area contributed by atoms with E-state index in [1.54, 1.807) is 0 Å². The van der Waals surface area contributed by atoms with Gasteiger partial charge >= 0.3 is 5.97 Å². The Morgan fingerprint density at radius 2 is 2.00 bits per heavy atom. The van der Waals surface area contributed by atoms with Crippen LogP contribution in [0.4, 0.5) is 0 Å². The van der Waals surface area contributed by atoms with Crippen LogP contribution in [0, 0.1) is 5.92 Å². The zero-order valence-electron chi connectivity index (χ0n) is 10.3. The van der Waals surface area contributed by atoms with E-state index in [0.29, 0.717) is 0 Å². The molecule has 88 valence electrons. The lowest BCUT2D eigenvalue weighted by molar-refractivity contribution is -0.148. The maximum Gasteiger partial charge on any atom is 0.331 e. The van der Waals surface area contributed by atoms with Crippen LogP contribution in [-0.4, -0.2) is 22.8 Å². The number of aliphatic hydroxyl groups is 1. The van der Waals surface area contributed by atoms with Crippen LogP contribution in [0.15, 0.2) is 12.2 Å². The average molecular weight is 214 g/mol. The second kappa shape index (κ2) is 5.91. The van der Waals surface area contributed by atoms with Crippen molar-refractivity contribution in [3.63, 3.8) is 0 Å². The minimum Gasteiger partial charge on any atom is -0.457 e. The molecule has 0 aromatic heterocycles. The summed E-state index contributed by atoms with van der Waals surface area (Å²) in [5, 5.41) is 9.57. The van der Waals surface area contributed by atoms with E-state index >= 15 is 0 Å². The summed E-state index contributed by atoms with van der Waals surface area (Å²) in [6.07, 6.45) is 3.08. The Hall–Kier alpha value is -0.830. The van der Waals surface area contributed by atoms with Crippen molar-refractivity contribution < 1.29 is 14.6 Å². The minimum absolute atomic E-state index is 0.156. The van der Waals surface area contributed by atoms with Crippen LogP contribution >= 0.6 is 0 Å². The van der Waals surface area contributed by atoms with Crippen molar-refractivity contribution in [2.24, 2.45) is 5.92 Å². The lowest BCUT2D eigenvalue weighted by Crippen LogP contribution is -2.23. The quantitative estimate of drug-likeness (QED) is 0.577. The molecule has 0 aliphatic heterocycles. The van der Waals surface area contributed by atoms with Gasteiger partial charge in [-0.2, -0.15) is 0 Å². The van der Waals surface area contributed by atoms with Gasteiger partial charge in [0.2, 0.25) is 0 Å². The summed E-state index contributed by atoms with van der Waals surface area (Å²) in [6, 6.07) is 0. The van der Waals surface area contributed by atoms with Gasteiger partial charge in [0.1, 0.15) is 5.60 Å². The largest absolute Gasteiger partial charge is 0.457 e. The first-order valence-corrected chi connectivity index (χ1v) is 5.35. The fourth-order valence-electron chi connectivity index (χ4n) is 0.944.